The summed E-state index contributed by atoms with van der Waals surface area (Å²) in [5, 5.41) is 2.98. The minimum Gasteiger partial charge on any atom is -0.444 e. The fraction of sp³-hybridized carbons (Fsp3) is 0.650. The first-order valence-corrected chi connectivity index (χ1v) is 9.70. The number of piperidine rings is 1. The van der Waals surface area contributed by atoms with Crippen molar-refractivity contribution in [1.29, 1.82) is 0 Å². The molecule has 7 heteroatoms. The van der Waals surface area contributed by atoms with Gasteiger partial charge in [0.1, 0.15) is 11.4 Å². The zero-order chi connectivity index (χ0) is 19.8. The van der Waals surface area contributed by atoms with E-state index in [1.807, 2.05) is 40.7 Å². The predicted molar refractivity (Wildman–Crippen MR) is 105 cm³/mol. The highest BCUT2D eigenvalue weighted by Gasteiger charge is 2.34. The lowest BCUT2D eigenvalue weighted by atomic mass is 10.0. The summed E-state index contributed by atoms with van der Waals surface area (Å²) < 4.78 is 5.38. The molecule has 1 atom stereocenters. The van der Waals surface area contributed by atoms with Gasteiger partial charge in [-0.15, -0.1) is 0 Å². The summed E-state index contributed by atoms with van der Waals surface area (Å²) in [5.74, 6) is 0.870. The minimum atomic E-state index is -0.509. The van der Waals surface area contributed by atoms with Crippen LogP contribution in [0.15, 0.2) is 12.3 Å². The Balaban J connectivity index is 1.74. The predicted octanol–water partition coefficient (Wildman–Crippen LogP) is 2.87. The Labute approximate surface area is 161 Å². The van der Waals surface area contributed by atoms with Crippen LogP contribution in [0.1, 0.15) is 53.0 Å². The fourth-order valence-electron chi connectivity index (χ4n) is 3.82. The number of carbonyl (C=O) groups excluding carboxylic acids is 2. The molecule has 0 radical (unpaired) electrons. The van der Waals surface area contributed by atoms with E-state index in [0.717, 1.165) is 36.5 Å². The highest BCUT2D eigenvalue weighted by atomic mass is 16.6. The molecule has 1 aromatic heterocycles. The maximum absolute atomic E-state index is 12.4. The number of alkyl carbamates (subject to hydrolysis) is 1. The molecule has 0 aliphatic carbocycles. The molecule has 0 saturated carbocycles. The van der Waals surface area contributed by atoms with E-state index in [9.17, 15) is 9.59 Å². The highest BCUT2D eigenvalue weighted by molar-refractivity contribution is 6.02. The molecular weight excluding hydrogens is 344 g/mol. The smallest absolute Gasteiger partial charge is 0.407 e. The zero-order valence-corrected chi connectivity index (χ0v) is 16.9. The van der Waals surface area contributed by atoms with E-state index in [2.05, 4.69) is 15.2 Å². The van der Waals surface area contributed by atoms with E-state index in [1.165, 1.54) is 0 Å². The van der Waals surface area contributed by atoms with Crippen LogP contribution < -0.4 is 15.1 Å². The highest BCUT2D eigenvalue weighted by Crippen LogP contribution is 2.36. The molecule has 0 aromatic carbocycles. The number of nitrogens with one attached hydrogen (secondary N) is 1. The summed E-state index contributed by atoms with van der Waals surface area (Å²) in [6, 6.07) is 2.09. The minimum absolute atomic E-state index is 0.0238. The Hall–Kier alpha value is -2.31. The van der Waals surface area contributed by atoms with Crippen molar-refractivity contribution in [1.82, 2.24) is 10.3 Å². The van der Waals surface area contributed by atoms with Gasteiger partial charge < -0.3 is 15.0 Å². The van der Waals surface area contributed by atoms with Crippen LogP contribution in [0.25, 0.3) is 0 Å². The van der Waals surface area contributed by atoms with E-state index in [4.69, 9.17) is 4.74 Å². The molecule has 27 heavy (non-hydrogen) atoms. The summed E-state index contributed by atoms with van der Waals surface area (Å²) in [4.78, 5) is 33.0. The Bertz CT molecular complexity index is 726. The van der Waals surface area contributed by atoms with Crippen molar-refractivity contribution in [2.45, 2.75) is 71.6 Å². The molecule has 2 aliphatic heterocycles. The lowest BCUT2D eigenvalue weighted by Crippen LogP contribution is -2.49. The molecule has 2 aliphatic rings. The molecule has 1 saturated heterocycles. The van der Waals surface area contributed by atoms with Crippen LogP contribution in [-0.2, 0) is 16.0 Å². The van der Waals surface area contributed by atoms with Crippen LogP contribution in [0.5, 0.6) is 0 Å². The third kappa shape index (κ3) is 4.34. The lowest BCUT2D eigenvalue weighted by Gasteiger charge is -2.36. The summed E-state index contributed by atoms with van der Waals surface area (Å²) in [6.45, 7) is 11.2. The van der Waals surface area contributed by atoms with Crippen molar-refractivity contribution in [3.8, 4) is 0 Å². The molecule has 0 bridgehead atoms. The Morgan fingerprint density at radius 2 is 2.11 bits per heavy atom. The first kappa shape index (κ1) is 19.5. The third-order valence-corrected chi connectivity index (χ3v) is 4.83. The molecular formula is C20H30N4O3. The SMILES string of the molecule is CC(C)N1C(=O)Cc2c(N3CCC[C@@H](NC(=O)OC(C)(C)C)C3)ccnc21. The van der Waals surface area contributed by atoms with E-state index in [0.29, 0.717) is 13.0 Å². The maximum atomic E-state index is 12.4. The van der Waals surface area contributed by atoms with Crippen LogP contribution in [0.3, 0.4) is 0 Å². The number of aromatic nitrogens is 1. The summed E-state index contributed by atoms with van der Waals surface area (Å²) in [7, 11) is 0. The number of anilines is 2. The largest absolute Gasteiger partial charge is 0.444 e. The average Bonchev–Trinajstić information content (AvgIpc) is 2.89. The average molecular weight is 374 g/mol. The third-order valence-electron chi connectivity index (χ3n) is 4.83. The molecule has 2 amide bonds. The molecule has 1 aromatic rings. The van der Waals surface area contributed by atoms with Gasteiger partial charge in [0.25, 0.3) is 0 Å². The lowest BCUT2D eigenvalue weighted by molar-refractivity contribution is -0.117. The number of carbonyl (C=O) groups is 2. The van der Waals surface area contributed by atoms with Crippen LogP contribution in [0, 0.1) is 0 Å². The van der Waals surface area contributed by atoms with E-state index < -0.39 is 5.60 Å². The van der Waals surface area contributed by atoms with Gasteiger partial charge in [0.15, 0.2) is 0 Å². The normalized spacial score (nSPS) is 20.1. The van der Waals surface area contributed by atoms with Crippen LogP contribution in [-0.4, -0.2) is 47.8 Å². The summed E-state index contributed by atoms with van der Waals surface area (Å²) in [6.07, 6.45) is 3.67. The zero-order valence-electron chi connectivity index (χ0n) is 16.9. The van der Waals surface area contributed by atoms with Crippen molar-refractivity contribution in [2.75, 3.05) is 22.9 Å². The van der Waals surface area contributed by atoms with Crippen molar-refractivity contribution < 1.29 is 14.3 Å². The second-order valence-electron chi connectivity index (χ2n) is 8.60. The van der Waals surface area contributed by atoms with Gasteiger partial charge in [-0.25, -0.2) is 9.78 Å². The molecule has 7 nitrogen and oxygen atoms in total. The Morgan fingerprint density at radius 3 is 2.78 bits per heavy atom. The molecule has 3 rings (SSSR count). The Kier molecular flexibility index (Phi) is 5.31. The molecule has 3 heterocycles. The standard InChI is InChI=1S/C20H30N4O3/c1-13(2)24-17(25)11-15-16(8-9-21-18(15)24)23-10-6-7-14(12-23)22-19(26)27-20(3,4)5/h8-9,13-14H,6-7,10-12H2,1-5H3,(H,22,26)/t14-/m1/s1. The molecule has 1 fully saturated rings. The van der Waals surface area contributed by atoms with Crippen molar-refractivity contribution in [3.05, 3.63) is 17.8 Å². The fourth-order valence-corrected chi connectivity index (χ4v) is 3.82. The van der Waals surface area contributed by atoms with Gasteiger partial charge in [-0.05, 0) is 53.5 Å². The second-order valence-corrected chi connectivity index (χ2v) is 8.60. The van der Waals surface area contributed by atoms with Crippen molar-refractivity contribution in [3.63, 3.8) is 0 Å². The first-order valence-electron chi connectivity index (χ1n) is 9.70. The van der Waals surface area contributed by atoms with E-state index in [1.54, 1.807) is 11.1 Å². The van der Waals surface area contributed by atoms with Gasteiger partial charge in [0.2, 0.25) is 5.91 Å². The van der Waals surface area contributed by atoms with Gasteiger partial charge in [-0.3, -0.25) is 9.69 Å². The number of hydrogen-bond donors (Lipinski definition) is 1. The molecule has 1 N–H and O–H groups in total. The van der Waals surface area contributed by atoms with Gasteiger partial charge in [-0.2, -0.15) is 0 Å². The second kappa shape index (κ2) is 7.37. The van der Waals surface area contributed by atoms with Gasteiger partial charge in [0, 0.05) is 42.6 Å². The van der Waals surface area contributed by atoms with Gasteiger partial charge in [-0.1, -0.05) is 0 Å². The molecule has 0 spiro atoms. The first-order chi connectivity index (χ1) is 12.7. The maximum Gasteiger partial charge on any atom is 0.407 e. The van der Waals surface area contributed by atoms with Crippen molar-refractivity contribution >= 4 is 23.5 Å². The van der Waals surface area contributed by atoms with Crippen LogP contribution in [0.2, 0.25) is 0 Å². The molecule has 148 valence electrons. The Morgan fingerprint density at radius 1 is 1.37 bits per heavy atom. The summed E-state index contributed by atoms with van der Waals surface area (Å²) >= 11 is 0. The van der Waals surface area contributed by atoms with E-state index in [-0.39, 0.29) is 24.1 Å². The van der Waals surface area contributed by atoms with E-state index >= 15 is 0 Å². The number of ether oxygens (including phenoxy) is 1. The number of pyridine rings is 1. The number of hydrogen-bond acceptors (Lipinski definition) is 5. The topological polar surface area (TPSA) is 74.8 Å². The number of nitrogens with zero attached hydrogens (tertiary/aromatic N) is 3. The summed E-state index contributed by atoms with van der Waals surface area (Å²) in [5.41, 5.74) is 1.53. The number of amides is 2. The number of rotatable bonds is 3. The van der Waals surface area contributed by atoms with Crippen LogP contribution in [0.4, 0.5) is 16.3 Å². The van der Waals surface area contributed by atoms with Gasteiger partial charge >= 0.3 is 6.09 Å². The quantitative estimate of drug-likeness (QED) is 0.881. The monoisotopic (exact) mass is 374 g/mol. The number of fused-ring (bicyclic) bond motifs is 1. The molecule has 0 unspecified atom stereocenters. The van der Waals surface area contributed by atoms with Crippen LogP contribution >= 0.6 is 0 Å². The van der Waals surface area contributed by atoms with Gasteiger partial charge in [0.05, 0.1) is 6.42 Å². The van der Waals surface area contributed by atoms with Crippen molar-refractivity contribution in [2.24, 2.45) is 0 Å².